The Kier molecular flexibility index (Phi) is 1.67. The molecule has 0 unspecified atom stereocenters. The lowest BCUT2D eigenvalue weighted by Gasteiger charge is -1.98. The van der Waals surface area contributed by atoms with Crippen LogP contribution in [0.3, 0.4) is 0 Å². The molecule has 0 spiro atoms. The number of benzene rings is 1. The molecule has 0 bridgehead atoms. The van der Waals surface area contributed by atoms with E-state index in [1.54, 1.807) is 11.3 Å². The molecule has 1 heterocycles. The molecule has 0 radical (unpaired) electrons. The van der Waals surface area contributed by atoms with Gasteiger partial charge in [-0.25, -0.2) is 0 Å². The third-order valence-corrected chi connectivity index (χ3v) is 3.01. The van der Waals surface area contributed by atoms with Crippen molar-refractivity contribution in [3.63, 3.8) is 0 Å². The van der Waals surface area contributed by atoms with Gasteiger partial charge in [0, 0.05) is 4.70 Å². The van der Waals surface area contributed by atoms with Crippen LogP contribution < -0.4 is 4.43 Å². The summed E-state index contributed by atoms with van der Waals surface area (Å²) in [6, 6.07) is 8.32. The predicted octanol–water partition coefficient (Wildman–Crippen LogP) is 1.56. The van der Waals surface area contributed by atoms with E-state index < -0.39 is 0 Å². The molecule has 2 aromatic rings. The molecule has 1 nitrogen and oxygen atoms in total. The van der Waals surface area contributed by atoms with Crippen molar-refractivity contribution in [2.75, 3.05) is 0 Å². The van der Waals surface area contributed by atoms with Gasteiger partial charge < -0.3 is 4.43 Å². The van der Waals surface area contributed by atoms with Crippen molar-refractivity contribution in [2.24, 2.45) is 0 Å². The van der Waals surface area contributed by atoms with E-state index in [0.717, 1.165) is 16.2 Å². The number of hydrogen-bond donors (Lipinski definition) is 0. The first-order chi connectivity index (χ1) is 5.40. The van der Waals surface area contributed by atoms with Gasteiger partial charge in [-0.3, -0.25) is 0 Å². The van der Waals surface area contributed by atoms with Crippen molar-refractivity contribution in [3.05, 3.63) is 29.6 Å². The fourth-order valence-corrected chi connectivity index (χ4v) is 2.13. The summed E-state index contributed by atoms with van der Waals surface area (Å²) in [5.41, 5.74) is 0. The van der Waals surface area contributed by atoms with Crippen molar-refractivity contribution < 1.29 is 4.43 Å². The highest BCUT2D eigenvalue weighted by Crippen LogP contribution is 2.24. The molecule has 0 N–H and O–H groups in total. The van der Waals surface area contributed by atoms with Crippen LogP contribution in [0.2, 0.25) is 0 Å². The fraction of sp³-hybridized carbons (Fsp3) is 0. The van der Waals surface area contributed by atoms with Gasteiger partial charge in [-0.05, 0) is 35.0 Å². The molecule has 1 aromatic carbocycles. The summed E-state index contributed by atoms with van der Waals surface area (Å²) < 4.78 is 6.54. The molecule has 0 aliphatic heterocycles. The Labute approximate surface area is 72.2 Å². The van der Waals surface area contributed by atoms with Crippen LogP contribution >= 0.6 is 11.3 Å². The highest BCUT2D eigenvalue weighted by atomic mass is 32.1. The highest BCUT2D eigenvalue weighted by molar-refractivity contribution is 7.17. The molecule has 0 saturated carbocycles. The topological polar surface area (TPSA) is 9.23 Å². The van der Waals surface area contributed by atoms with Crippen LogP contribution in [0, 0.1) is 0 Å². The maximum Gasteiger partial charge on any atom is 0.204 e. The summed E-state index contributed by atoms with van der Waals surface area (Å²) in [7, 11) is 0.766. The van der Waals surface area contributed by atoms with Gasteiger partial charge in [-0.2, -0.15) is 0 Å². The molecule has 3 heteroatoms. The summed E-state index contributed by atoms with van der Waals surface area (Å²) in [4.78, 5) is 0. The van der Waals surface area contributed by atoms with E-state index in [2.05, 4.69) is 23.6 Å². The summed E-state index contributed by atoms with van der Waals surface area (Å²) >= 11 is 1.75. The molecule has 0 aliphatic carbocycles. The van der Waals surface area contributed by atoms with Gasteiger partial charge in [0.2, 0.25) is 10.5 Å². The molecule has 56 valence electrons. The van der Waals surface area contributed by atoms with Crippen LogP contribution in [0.4, 0.5) is 0 Å². The Balaban J connectivity index is 2.67. The minimum absolute atomic E-state index is 0.766. The minimum atomic E-state index is 0.766. The Morgan fingerprint density at radius 1 is 1.27 bits per heavy atom. The SMILES string of the molecule is [SiH3]Oc1ccc2ccsc2c1. The van der Waals surface area contributed by atoms with E-state index in [1.807, 2.05) is 6.07 Å². The third kappa shape index (κ3) is 1.17. The molecule has 0 aliphatic rings. The van der Waals surface area contributed by atoms with Crippen LogP contribution in [0.1, 0.15) is 0 Å². The number of hydrogen-bond acceptors (Lipinski definition) is 2. The fourth-order valence-electron chi connectivity index (χ4n) is 1.06. The normalized spacial score (nSPS) is 10.5. The van der Waals surface area contributed by atoms with Crippen molar-refractivity contribution in [1.82, 2.24) is 0 Å². The molecule has 2 rings (SSSR count). The highest BCUT2D eigenvalue weighted by Gasteiger charge is 1.94. The Bertz CT molecular complexity index is 369. The van der Waals surface area contributed by atoms with E-state index >= 15 is 0 Å². The van der Waals surface area contributed by atoms with E-state index in [0.29, 0.717) is 0 Å². The van der Waals surface area contributed by atoms with Crippen molar-refractivity contribution in [3.8, 4) is 5.75 Å². The second kappa shape index (κ2) is 2.68. The van der Waals surface area contributed by atoms with E-state index in [4.69, 9.17) is 4.43 Å². The molecule has 11 heavy (non-hydrogen) atoms. The van der Waals surface area contributed by atoms with Gasteiger partial charge in [-0.15, -0.1) is 11.3 Å². The molecule has 0 saturated heterocycles. The first kappa shape index (κ1) is 6.88. The number of thiophene rings is 1. The van der Waals surface area contributed by atoms with Gasteiger partial charge in [-0.1, -0.05) is 0 Å². The second-order valence-corrected chi connectivity index (χ2v) is 3.68. The lowest BCUT2D eigenvalue weighted by Crippen LogP contribution is -1.82. The largest absolute Gasteiger partial charge is 0.553 e. The van der Waals surface area contributed by atoms with Gasteiger partial charge in [0.15, 0.2) is 0 Å². The van der Waals surface area contributed by atoms with Crippen LogP contribution in [0.5, 0.6) is 5.75 Å². The molecular formula is C8H8OSSi. The van der Waals surface area contributed by atoms with Gasteiger partial charge in [0.25, 0.3) is 0 Å². The summed E-state index contributed by atoms with van der Waals surface area (Å²) in [6.07, 6.45) is 0. The zero-order valence-corrected chi connectivity index (χ0v) is 9.02. The first-order valence-corrected chi connectivity index (χ1v) is 5.11. The lowest BCUT2D eigenvalue weighted by atomic mass is 10.2. The zero-order chi connectivity index (χ0) is 7.68. The van der Waals surface area contributed by atoms with Gasteiger partial charge in [0.05, 0.1) is 0 Å². The Morgan fingerprint density at radius 3 is 3.00 bits per heavy atom. The number of rotatable bonds is 1. The monoisotopic (exact) mass is 180 g/mol. The average molecular weight is 180 g/mol. The lowest BCUT2D eigenvalue weighted by molar-refractivity contribution is 0.617. The Morgan fingerprint density at radius 2 is 2.18 bits per heavy atom. The minimum Gasteiger partial charge on any atom is -0.553 e. The van der Waals surface area contributed by atoms with Gasteiger partial charge >= 0.3 is 0 Å². The molecular weight excluding hydrogens is 172 g/mol. The molecule has 0 amide bonds. The molecule has 0 atom stereocenters. The van der Waals surface area contributed by atoms with Crippen LogP contribution in [0.15, 0.2) is 29.6 Å². The first-order valence-electron chi connectivity index (χ1n) is 3.41. The molecule has 0 fully saturated rings. The Hall–Kier alpha value is -0.803. The second-order valence-electron chi connectivity index (χ2n) is 2.32. The van der Waals surface area contributed by atoms with Crippen molar-refractivity contribution in [1.29, 1.82) is 0 Å². The predicted molar refractivity (Wildman–Crippen MR) is 52.4 cm³/mol. The maximum absolute atomic E-state index is 5.24. The van der Waals surface area contributed by atoms with Crippen molar-refractivity contribution >= 4 is 31.9 Å². The smallest absolute Gasteiger partial charge is 0.204 e. The van der Waals surface area contributed by atoms with Crippen molar-refractivity contribution in [2.45, 2.75) is 0 Å². The summed E-state index contributed by atoms with van der Waals surface area (Å²) in [5, 5.41) is 3.40. The van der Waals surface area contributed by atoms with E-state index in [1.165, 1.54) is 10.1 Å². The van der Waals surface area contributed by atoms with Gasteiger partial charge in [0.1, 0.15) is 5.75 Å². The average Bonchev–Trinajstić information content (AvgIpc) is 2.50. The number of fused-ring (bicyclic) bond motifs is 1. The summed E-state index contributed by atoms with van der Waals surface area (Å²) in [6.45, 7) is 0. The van der Waals surface area contributed by atoms with Crippen LogP contribution in [0.25, 0.3) is 10.1 Å². The quantitative estimate of drug-likeness (QED) is 0.605. The molecule has 1 aromatic heterocycles. The third-order valence-electron chi connectivity index (χ3n) is 1.66. The summed E-state index contributed by atoms with van der Waals surface area (Å²) in [5.74, 6) is 0.992. The standard InChI is InChI=1S/C8H8OSSi/c11-9-7-2-1-6-3-4-10-8(6)5-7/h1-5H,11H3. The van der Waals surface area contributed by atoms with E-state index in [9.17, 15) is 0 Å². The maximum atomic E-state index is 5.24. The van der Waals surface area contributed by atoms with Crippen LogP contribution in [-0.4, -0.2) is 10.5 Å². The van der Waals surface area contributed by atoms with E-state index in [-0.39, 0.29) is 0 Å². The zero-order valence-electron chi connectivity index (χ0n) is 6.20. The van der Waals surface area contributed by atoms with Crippen LogP contribution in [-0.2, 0) is 0 Å².